The second-order valence-corrected chi connectivity index (χ2v) is 7.44. The fourth-order valence-corrected chi connectivity index (χ4v) is 4.31. The maximum absolute atomic E-state index is 13.9. The van der Waals surface area contributed by atoms with Gasteiger partial charge < -0.3 is 0 Å². The fourth-order valence-electron chi connectivity index (χ4n) is 4.31. The Morgan fingerprint density at radius 2 is 1.88 bits per heavy atom. The minimum Gasteiger partial charge on any atom is -0.204 e. The van der Waals surface area contributed by atoms with Gasteiger partial charge in [0.1, 0.15) is 0 Å². The maximum atomic E-state index is 13.9. The van der Waals surface area contributed by atoms with Gasteiger partial charge in [-0.15, -0.1) is 0 Å². The van der Waals surface area contributed by atoms with Gasteiger partial charge in [-0.1, -0.05) is 69.4 Å². The third kappa shape index (κ3) is 3.96. The lowest BCUT2D eigenvalue weighted by atomic mass is 9.72. The molecule has 1 aromatic rings. The van der Waals surface area contributed by atoms with Crippen LogP contribution in [0.5, 0.6) is 0 Å². The van der Waals surface area contributed by atoms with Crippen LogP contribution < -0.4 is 0 Å². The minimum absolute atomic E-state index is 0.382. The van der Waals surface area contributed by atoms with Gasteiger partial charge in [0.25, 0.3) is 0 Å². The van der Waals surface area contributed by atoms with Crippen molar-refractivity contribution in [1.29, 1.82) is 0 Å². The summed E-state index contributed by atoms with van der Waals surface area (Å²) in [5, 5.41) is 0. The van der Waals surface area contributed by atoms with E-state index in [2.05, 4.69) is 19.1 Å². The van der Waals surface area contributed by atoms with Crippen LogP contribution in [0.3, 0.4) is 0 Å². The first kappa shape index (κ1) is 17.4. The number of allylic oxidation sites excluding steroid dienone is 4. The van der Waals surface area contributed by atoms with Gasteiger partial charge in [-0.05, 0) is 48.7 Å². The number of rotatable bonds is 5. The standard InChI is InChI=1S/C22H28F2/c1-2-3-5-16-8-10-17(11-9-16)18-12-14-19(15-13-18)20-6-4-7-21(23)22(20)24/h4,6-7,12,14-18H,2-3,5,8-11,13H2,1H3. The smallest absolute Gasteiger partial charge is 0.166 e. The monoisotopic (exact) mass is 330 g/mol. The topological polar surface area (TPSA) is 0 Å². The molecule has 1 atom stereocenters. The molecule has 0 spiro atoms. The van der Waals surface area contributed by atoms with Crippen LogP contribution in [0.4, 0.5) is 8.78 Å². The Hall–Kier alpha value is -1.44. The first-order valence-corrected chi connectivity index (χ1v) is 9.51. The lowest BCUT2D eigenvalue weighted by molar-refractivity contribution is 0.219. The molecule has 2 heteroatoms. The molecule has 0 heterocycles. The summed E-state index contributed by atoms with van der Waals surface area (Å²) in [6.45, 7) is 2.27. The van der Waals surface area contributed by atoms with E-state index in [1.807, 2.05) is 6.08 Å². The van der Waals surface area contributed by atoms with Crippen molar-refractivity contribution < 1.29 is 8.78 Å². The van der Waals surface area contributed by atoms with E-state index in [1.165, 1.54) is 51.0 Å². The van der Waals surface area contributed by atoms with E-state index >= 15 is 0 Å². The van der Waals surface area contributed by atoms with Gasteiger partial charge in [0, 0.05) is 5.56 Å². The average Bonchev–Trinajstić information content (AvgIpc) is 2.63. The number of unbranched alkanes of at least 4 members (excludes halogenated alkanes) is 1. The number of hydrogen-bond acceptors (Lipinski definition) is 0. The zero-order chi connectivity index (χ0) is 16.9. The van der Waals surface area contributed by atoms with Gasteiger partial charge in [0.05, 0.1) is 0 Å². The summed E-state index contributed by atoms with van der Waals surface area (Å²) >= 11 is 0. The molecule has 0 bridgehead atoms. The molecule has 0 aromatic heterocycles. The molecular formula is C22H28F2. The Labute approximate surface area is 144 Å². The summed E-state index contributed by atoms with van der Waals surface area (Å²) in [5.41, 5.74) is 1.20. The molecule has 0 N–H and O–H groups in total. The van der Waals surface area contributed by atoms with Gasteiger partial charge in [0.15, 0.2) is 11.6 Å². The van der Waals surface area contributed by atoms with Crippen LogP contribution >= 0.6 is 0 Å². The summed E-state index contributed by atoms with van der Waals surface area (Å²) in [4.78, 5) is 0. The van der Waals surface area contributed by atoms with E-state index in [4.69, 9.17) is 0 Å². The van der Waals surface area contributed by atoms with Crippen molar-refractivity contribution in [2.75, 3.05) is 0 Å². The maximum Gasteiger partial charge on any atom is 0.166 e. The molecule has 0 radical (unpaired) electrons. The molecule has 130 valence electrons. The van der Waals surface area contributed by atoms with E-state index in [0.29, 0.717) is 11.5 Å². The highest BCUT2D eigenvalue weighted by Gasteiger charge is 2.27. The molecule has 0 saturated heterocycles. The van der Waals surface area contributed by atoms with Crippen LogP contribution in [0, 0.1) is 29.4 Å². The first-order chi connectivity index (χ1) is 11.7. The van der Waals surface area contributed by atoms with Crippen molar-refractivity contribution in [3.05, 3.63) is 53.6 Å². The second-order valence-electron chi connectivity index (χ2n) is 7.44. The molecule has 1 saturated carbocycles. The lowest BCUT2D eigenvalue weighted by Crippen LogP contribution is -2.21. The van der Waals surface area contributed by atoms with Crippen LogP contribution in [0.15, 0.2) is 36.4 Å². The quantitative estimate of drug-likeness (QED) is 0.549. The van der Waals surface area contributed by atoms with Crippen molar-refractivity contribution in [1.82, 2.24) is 0 Å². The van der Waals surface area contributed by atoms with Crippen LogP contribution in [-0.2, 0) is 0 Å². The molecule has 1 unspecified atom stereocenters. The summed E-state index contributed by atoms with van der Waals surface area (Å²) in [6.07, 6.45) is 16.7. The van der Waals surface area contributed by atoms with Crippen LogP contribution in [0.25, 0.3) is 5.57 Å². The predicted octanol–water partition coefficient (Wildman–Crippen LogP) is 6.92. The highest BCUT2D eigenvalue weighted by atomic mass is 19.2. The summed E-state index contributed by atoms with van der Waals surface area (Å²) in [6, 6.07) is 4.41. The van der Waals surface area contributed by atoms with Crippen LogP contribution in [0.1, 0.15) is 63.9 Å². The molecule has 1 aromatic carbocycles. The zero-order valence-electron chi connectivity index (χ0n) is 14.6. The van der Waals surface area contributed by atoms with Crippen molar-refractivity contribution in [3.8, 4) is 0 Å². The number of benzene rings is 1. The van der Waals surface area contributed by atoms with Crippen molar-refractivity contribution >= 4 is 5.57 Å². The summed E-state index contributed by atoms with van der Waals surface area (Å²) in [7, 11) is 0. The molecule has 0 amide bonds. The van der Waals surface area contributed by atoms with Crippen LogP contribution in [-0.4, -0.2) is 0 Å². The molecule has 2 aliphatic rings. The fraction of sp³-hybridized carbons (Fsp3) is 0.545. The Balaban J connectivity index is 1.57. The third-order valence-electron chi connectivity index (χ3n) is 5.86. The molecule has 0 nitrogen and oxygen atoms in total. The van der Waals surface area contributed by atoms with Crippen LogP contribution in [0.2, 0.25) is 0 Å². The Bertz CT molecular complexity index is 606. The second kappa shape index (κ2) is 8.09. The molecule has 1 fully saturated rings. The van der Waals surface area contributed by atoms with Gasteiger partial charge in [-0.3, -0.25) is 0 Å². The average molecular weight is 330 g/mol. The van der Waals surface area contributed by atoms with Gasteiger partial charge in [0.2, 0.25) is 0 Å². The highest BCUT2D eigenvalue weighted by Crippen LogP contribution is 2.39. The zero-order valence-corrected chi connectivity index (χ0v) is 14.6. The van der Waals surface area contributed by atoms with E-state index in [1.54, 1.807) is 12.1 Å². The van der Waals surface area contributed by atoms with E-state index in [0.717, 1.165) is 23.8 Å². The Morgan fingerprint density at radius 3 is 2.54 bits per heavy atom. The van der Waals surface area contributed by atoms with Crippen molar-refractivity contribution in [2.45, 2.75) is 58.3 Å². The van der Waals surface area contributed by atoms with Gasteiger partial charge >= 0.3 is 0 Å². The molecule has 0 aliphatic heterocycles. The predicted molar refractivity (Wildman–Crippen MR) is 96.6 cm³/mol. The summed E-state index contributed by atoms with van der Waals surface area (Å²) < 4.78 is 27.3. The van der Waals surface area contributed by atoms with E-state index < -0.39 is 11.6 Å². The summed E-state index contributed by atoms with van der Waals surface area (Å²) in [5.74, 6) is 0.755. The largest absolute Gasteiger partial charge is 0.204 e. The van der Waals surface area contributed by atoms with Gasteiger partial charge in [-0.2, -0.15) is 0 Å². The SMILES string of the molecule is CCCCC1CCC(C2C=CC(c3cccc(F)c3F)=CC2)CC1. The van der Waals surface area contributed by atoms with Crippen molar-refractivity contribution in [3.63, 3.8) is 0 Å². The Kier molecular flexibility index (Phi) is 5.86. The lowest BCUT2D eigenvalue weighted by Gasteiger charge is -2.33. The van der Waals surface area contributed by atoms with Crippen molar-refractivity contribution in [2.24, 2.45) is 17.8 Å². The third-order valence-corrected chi connectivity index (χ3v) is 5.86. The van der Waals surface area contributed by atoms with E-state index in [9.17, 15) is 8.78 Å². The van der Waals surface area contributed by atoms with Gasteiger partial charge in [-0.25, -0.2) is 8.78 Å². The molecule has 3 rings (SSSR count). The molecule has 2 aliphatic carbocycles. The number of halogens is 2. The highest BCUT2D eigenvalue weighted by molar-refractivity contribution is 5.75. The first-order valence-electron chi connectivity index (χ1n) is 9.51. The minimum atomic E-state index is -0.769. The molecule has 24 heavy (non-hydrogen) atoms. The normalized spacial score (nSPS) is 27.1. The molecular weight excluding hydrogens is 302 g/mol. The van der Waals surface area contributed by atoms with E-state index in [-0.39, 0.29) is 0 Å². The Morgan fingerprint density at radius 1 is 1.08 bits per heavy atom. The number of hydrogen-bond donors (Lipinski definition) is 0.